The molecule has 0 aromatic heterocycles. The van der Waals surface area contributed by atoms with Gasteiger partial charge in [0.05, 0.1) is 27.0 Å². The number of halogens is 2. The van der Waals surface area contributed by atoms with Gasteiger partial charge in [0, 0.05) is 12.7 Å². The first kappa shape index (κ1) is 21.2. The lowest BCUT2D eigenvalue weighted by Crippen LogP contribution is -2.26. The van der Waals surface area contributed by atoms with Crippen molar-refractivity contribution in [2.75, 3.05) is 16.7 Å². The maximum Gasteiger partial charge on any atom is 0.264 e. The number of rotatable bonds is 6. The largest absolute Gasteiger partial charge is 0.326 e. The Labute approximate surface area is 179 Å². The van der Waals surface area contributed by atoms with Gasteiger partial charge in [0.15, 0.2) is 0 Å². The van der Waals surface area contributed by atoms with Crippen LogP contribution in [0.1, 0.15) is 5.56 Å². The average molecular weight is 449 g/mol. The number of hydrogen-bond donors (Lipinski definition) is 1. The van der Waals surface area contributed by atoms with E-state index >= 15 is 0 Å². The highest BCUT2D eigenvalue weighted by atomic mass is 35.5. The van der Waals surface area contributed by atoms with Crippen LogP contribution in [-0.4, -0.2) is 21.4 Å². The second-order valence-electron chi connectivity index (χ2n) is 6.31. The highest BCUT2D eigenvalue weighted by molar-refractivity contribution is 7.92. The first-order valence-electron chi connectivity index (χ1n) is 8.65. The summed E-state index contributed by atoms with van der Waals surface area (Å²) in [5.74, 6) is -0.221. The van der Waals surface area contributed by atoms with E-state index in [9.17, 15) is 13.2 Å². The number of nitrogens with one attached hydrogen (secondary N) is 1. The minimum absolute atomic E-state index is 0.135. The Kier molecular flexibility index (Phi) is 6.47. The Bertz CT molecular complexity index is 1120. The molecule has 29 heavy (non-hydrogen) atoms. The molecule has 3 aromatic carbocycles. The van der Waals surface area contributed by atoms with Gasteiger partial charge in [-0.2, -0.15) is 0 Å². The Morgan fingerprint density at radius 2 is 1.59 bits per heavy atom. The summed E-state index contributed by atoms with van der Waals surface area (Å²) in [4.78, 5) is 12.5. The van der Waals surface area contributed by atoms with E-state index in [-0.39, 0.29) is 17.2 Å². The maximum absolute atomic E-state index is 12.7. The standard InChI is InChI=1S/C21H18Cl2N2O3S/c1-25(29(27,28)18-5-3-2-4-6-18)17-10-7-15(8-11-17)13-21(26)24-16-9-12-19(22)20(23)14-16/h2-12,14H,13H2,1H3,(H,24,26). The van der Waals surface area contributed by atoms with Gasteiger partial charge in [0.25, 0.3) is 10.0 Å². The van der Waals surface area contributed by atoms with Crippen molar-refractivity contribution in [2.45, 2.75) is 11.3 Å². The van der Waals surface area contributed by atoms with Gasteiger partial charge in [-0.15, -0.1) is 0 Å². The van der Waals surface area contributed by atoms with Crippen molar-refractivity contribution in [1.29, 1.82) is 0 Å². The molecule has 0 aliphatic heterocycles. The Balaban J connectivity index is 1.68. The van der Waals surface area contributed by atoms with E-state index in [1.807, 2.05) is 0 Å². The third-order valence-electron chi connectivity index (χ3n) is 4.27. The fourth-order valence-corrected chi connectivity index (χ4v) is 4.19. The van der Waals surface area contributed by atoms with E-state index in [4.69, 9.17) is 23.2 Å². The number of benzene rings is 3. The predicted molar refractivity (Wildman–Crippen MR) is 117 cm³/mol. The number of sulfonamides is 1. The molecule has 0 fully saturated rings. The first-order valence-corrected chi connectivity index (χ1v) is 10.8. The van der Waals surface area contributed by atoms with Gasteiger partial charge >= 0.3 is 0 Å². The summed E-state index contributed by atoms with van der Waals surface area (Å²) in [6.45, 7) is 0. The normalized spacial score (nSPS) is 11.1. The van der Waals surface area contributed by atoms with Crippen molar-refractivity contribution < 1.29 is 13.2 Å². The molecule has 0 aliphatic rings. The van der Waals surface area contributed by atoms with E-state index in [1.54, 1.807) is 72.8 Å². The molecule has 0 bridgehead atoms. The average Bonchev–Trinajstić information content (AvgIpc) is 2.71. The molecule has 0 saturated heterocycles. The molecular weight excluding hydrogens is 431 g/mol. The van der Waals surface area contributed by atoms with Gasteiger partial charge in [-0.3, -0.25) is 9.10 Å². The number of nitrogens with zero attached hydrogens (tertiary/aromatic N) is 1. The fraction of sp³-hybridized carbons (Fsp3) is 0.0952. The zero-order valence-electron chi connectivity index (χ0n) is 15.5. The summed E-state index contributed by atoms with van der Waals surface area (Å²) in [7, 11) is -2.15. The third-order valence-corrected chi connectivity index (χ3v) is 6.81. The second-order valence-corrected chi connectivity index (χ2v) is 9.09. The quantitative estimate of drug-likeness (QED) is 0.576. The molecule has 1 amide bonds. The fourth-order valence-electron chi connectivity index (χ4n) is 2.68. The van der Waals surface area contributed by atoms with Gasteiger partial charge in [0.1, 0.15) is 0 Å². The Hall–Kier alpha value is -2.54. The van der Waals surface area contributed by atoms with Gasteiger partial charge in [0.2, 0.25) is 5.91 Å². The summed E-state index contributed by atoms with van der Waals surface area (Å²) in [5, 5.41) is 3.52. The van der Waals surface area contributed by atoms with Crippen molar-refractivity contribution in [3.05, 3.63) is 88.4 Å². The highest BCUT2D eigenvalue weighted by Crippen LogP contribution is 2.25. The number of amides is 1. The summed E-state index contributed by atoms with van der Waals surface area (Å²) < 4.78 is 26.6. The van der Waals surface area contributed by atoms with E-state index in [0.717, 1.165) is 5.56 Å². The monoisotopic (exact) mass is 448 g/mol. The predicted octanol–water partition coefficient (Wildman–Crippen LogP) is 5.00. The molecule has 0 unspecified atom stereocenters. The molecule has 0 heterocycles. The second kappa shape index (κ2) is 8.86. The van der Waals surface area contributed by atoms with Gasteiger partial charge in [-0.05, 0) is 48.0 Å². The van der Waals surface area contributed by atoms with E-state index in [0.29, 0.717) is 21.4 Å². The maximum atomic E-state index is 12.7. The molecule has 5 nitrogen and oxygen atoms in total. The van der Waals surface area contributed by atoms with Crippen LogP contribution in [0.3, 0.4) is 0 Å². The number of anilines is 2. The summed E-state index contributed by atoms with van der Waals surface area (Å²) >= 11 is 11.8. The first-order chi connectivity index (χ1) is 13.8. The molecule has 0 atom stereocenters. The zero-order valence-corrected chi connectivity index (χ0v) is 17.8. The third kappa shape index (κ3) is 5.09. The lowest BCUT2D eigenvalue weighted by atomic mass is 10.1. The molecular formula is C21H18Cl2N2O3S. The van der Waals surface area contributed by atoms with Gasteiger partial charge < -0.3 is 5.32 Å². The van der Waals surface area contributed by atoms with Crippen LogP contribution in [0.25, 0.3) is 0 Å². The zero-order chi connectivity index (χ0) is 21.0. The van der Waals surface area contributed by atoms with Crippen LogP contribution >= 0.6 is 23.2 Å². The molecule has 0 aliphatic carbocycles. The molecule has 150 valence electrons. The molecule has 0 radical (unpaired) electrons. The van der Waals surface area contributed by atoms with Crippen LogP contribution in [0.2, 0.25) is 10.0 Å². The molecule has 8 heteroatoms. The lowest BCUT2D eigenvalue weighted by Gasteiger charge is -2.19. The summed E-state index contributed by atoms with van der Waals surface area (Å²) in [5.41, 5.74) is 1.80. The van der Waals surface area contributed by atoms with E-state index in [2.05, 4.69) is 5.32 Å². The highest BCUT2D eigenvalue weighted by Gasteiger charge is 2.20. The van der Waals surface area contributed by atoms with Crippen molar-refractivity contribution in [3.63, 3.8) is 0 Å². The number of carbonyl (C=O) groups excluding carboxylic acids is 1. The molecule has 1 N–H and O–H groups in total. The molecule has 3 aromatic rings. The Morgan fingerprint density at radius 3 is 2.21 bits per heavy atom. The SMILES string of the molecule is CN(c1ccc(CC(=O)Nc2ccc(Cl)c(Cl)c2)cc1)S(=O)(=O)c1ccccc1. The van der Waals surface area contributed by atoms with Crippen molar-refractivity contribution in [1.82, 2.24) is 0 Å². The van der Waals surface area contributed by atoms with Crippen LogP contribution in [-0.2, 0) is 21.2 Å². The minimum atomic E-state index is -3.65. The minimum Gasteiger partial charge on any atom is -0.326 e. The van der Waals surface area contributed by atoms with Crippen molar-refractivity contribution in [3.8, 4) is 0 Å². The summed E-state index contributed by atoms with van der Waals surface area (Å²) in [6.07, 6.45) is 0.135. The van der Waals surface area contributed by atoms with Crippen LogP contribution in [0, 0.1) is 0 Å². The van der Waals surface area contributed by atoms with Crippen molar-refractivity contribution in [2.24, 2.45) is 0 Å². The number of hydrogen-bond acceptors (Lipinski definition) is 3. The van der Waals surface area contributed by atoms with Crippen LogP contribution in [0.4, 0.5) is 11.4 Å². The van der Waals surface area contributed by atoms with Gasteiger partial charge in [-0.25, -0.2) is 8.42 Å². The molecule has 0 saturated carbocycles. The Morgan fingerprint density at radius 1 is 0.931 bits per heavy atom. The van der Waals surface area contributed by atoms with Gasteiger partial charge in [-0.1, -0.05) is 53.5 Å². The van der Waals surface area contributed by atoms with E-state index < -0.39 is 10.0 Å². The van der Waals surface area contributed by atoms with E-state index in [1.165, 1.54) is 11.4 Å². The van der Waals surface area contributed by atoms with Crippen LogP contribution in [0.5, 0.6) is 0 Å². The topological polar surface area (TPSA) is 66.5 Å². The smallest absolute Gasteiger partial charge is 0.264 e. The van der Waals surface area contributed by atoms with Crippen LogP contribution in [0.15, 0.2) is 77.7 Å². The summed E-state index contributed by atoms with van der Waals surface area (Å²) in [6, 6.07) is 19.8. The molecule has 3 rings (SSSR count). The van der Waals surface area contributed by atoms with Crippen molar-refractivity contribution >= 4 is 50.5 Å². The number of carbonyl (C=O) groups is 1. The lowest BCUT2D eigenvalue weighted by molar-refractivity contribution is -0.115. The molecule has 0 spiro atoms. The van der Waals surface area contributed by atoms with Crippen LogP contribution < -0.4 is 9.62 Å².